The fourth-order valence-electron chi connectivity index (χ4n) is 1.54. The van der Waals surface area contributed by atoms with E-state index in [1.165, 1.54) is 0 Å². The van der Waals surface area contributed by atoms with Gasteiger partial charge in [0.1, 0.15) is 5.58 Å². The summed E-state index contributed by atoms with van der Waals surface area (Å²) in [4.78, 5) is 11.9. The summed E-state index contributed by atoms with van der Waals surface area (Å²) in [5.41, 5.74) is 6.91. The van der Waals surface area contributed by atoms with Crippen molar-refractivity contribution < 1.29 is 9.21 Å². The molecule has 1 unspecified atom stereocenters. The average Bonchev–Trinajstić information content (AvgIpc) is 2.73. The zero-order chi connectivity index (χ0) is 11.5. The van der Waals surface area contributed by atoms with Crippen molar-refractivity contribution in [3.63, 3.8) is 0 Å². The summed E-state index contributed by atoms with van der Waals surface area (Å²) >= 11 is 0. The number of carbonyl (C=O) groups is 1. The third-order valence-corrected chi connectivity index (χ3v) is 2.33. The van der Waals surface area contributed by atoms with Crippen LogP contribution in [-0.4, -0.2) is 18.5 Å². The predicted molar refractivity (Wildman–Crippen MR) is 62.2 cm³/mol. The average molecular weight is 218 g/mol. The lowest BCUT2D eigenvalue weighted by molar-refractivity contribution is 0.0953. The van der Waals surface area contributed by atoms with E-state index in [4.69, 9.17) is 10.2 Å². The molecule has 0 radical (unpaired) electrons. The van der Waals surface area contributed by atoms with Gasteiger partial charge in [-0.15, -0.1) is 0 Å². The van der Waals surface area contributed by atoms with Crippen LogP contribution in [-0.2, 0) is 0 Å². The SMILES string of the molecule is CC(N)CNC(=O)c1cccc2occc12. The van der Waals surface area contributed by atoms with E-state index in [9.17, 15) is 4.79 Å². The number of hydrogen-bond donors (Lipinski definition) is 2. The third kappa shape index (κ3) is 2.06. The van der Waals surface area contributed by atoms with Crippen LogP contribution in [0.25, 0.3) is 11.0 Å². The number of fused-ring (bicyclic) bond motifs is 1. The van der Waals surface area contributed by atoms with Crippen LogP contribution < -0.4 is 11.1 Å². The summed E-state index contributed by atoms with van der Waals surface area (Å²) in [6.45, 7) is 2.31. The Balaban J connectivity index is 2.25. The Morgan fingerprint density at radius 3 is 3.06 bits per heavy atom. The Kier molecular flexibility index (Phi) is 2.92. The number of benzene rings is 1. The summed E-state index contributed by atoms with van der Waals surface area (Å²) in [6, 6.07) is 7.14. The van der Waals surface area contributed by atoms with E-state index in [1.54, 1.807) is 24.5 Å². The minimum atomic E-state index is -0.121. The molecule has 1 atom stereocenters. The van der Waals surface area contributed by atoms with Crippen molar-refractivity contribution in [3.05, 3.63) is 36.1 Å². The van der Waals surface area contributed by atoms with Crippen LogP contribution in [0.5, 0.6) is 0 Å². The molecule has 0 saturated heterocycles. The summed E-state index contributed by atoms with van der Waals surface area (Å²) in [5.74, 6) is -0.121. The topological polar surface area (TPSA) is 68.3 Å². The predicted octanol–water partition coefficient (Wildman–Crippen LogP) is 1.51. The van der Waals surface area contributed by atoms with Crippen molar-refractivity contribution in [2.45, 2.75) is 13.0 Å². The first-order chi connectivity index (χ1) is 7.68. The summed E-state index contributed by atoms with van der Waals surface area (Å²) < 4.78 is 5.23. The Morgan fingerprint density at radius 1 is 1.50 bits per heavy atom. The van der Waals surface area contributed by atoms with Crippen LogP contribution in [0.3, 0.4) is 0 Å². The van der Waals surface area contributed by atoms with Gasteiger partial charge in [0.15, 0.2) is 0 Å². The molecular formula is C12H14N2O2. The summed E-state index contributed by atoms with van der Waals surface area (Å²) in [5, 5.41) is 3.60. The number of nitrogens with one attached hydrogen (secondary N) is 1. The van der Waals surface area contributed by atoms with Crippen LogP contribution in [0.15, 0.2) is 34.9 Å². The first kappa shape index (κ1) is 10.7. The molecule has 0 saturated carbocycles. The van der Waals surface area contributed by atoms with E-state index in [0.29, 0.717) is 17.7 Å². The second-order valence-electron chi connectivity index (χ2n) is 3.83. The van der Waals surface area contributed by atoms with Gasteiger partial charge in [-0.2, -0.15) is 0 Å². The van der Waals surface area contributed by atoms with Crippen molar-refractivity contribution in [2.24, 2.45) is 5.73 Å². The molecule has 0 spiro atoms. The Hall–Kier alpha value is -1.81. The van der Waals surface area contributed by atoms with Gasteiger partial charge in [0.05, 0.1) is 11.8 Å². The summed E-state index contributed by atoms with van der Waals surface area (Å²) in [6.07, 6.45) is 1.58. The molecule has 84 valence electrons. The van der Waals surface area contributed by atoms with Gasteiger partial charge in [0.2, 0.25) is 0 Å². The molecule has 1 amide bonds. The van der Waals surface area contributed by atoms with Gasteiger partial charge in [0.25, 0.3) is 5.91 Å². The van der Waals surface area contributed by atoms with Gasteiger partial charge in [-0.25, -0.2) is 0 Å². The van der Waals surface area contributed by atoms with Gasteiger partial charge in [-0.1, -0.05) is 6.07 Å². The van der Waals surface area contributed by atoms with Crippen LogP contribution in [0.2, 0.25) is 0 Å². The highest BCUT2D eigenvalue weighted by Crippen LogP contribution is 2.19. The molecule has 0 aliphatic heterocycles. The van der Waals surface area contributed by atoms with E-state index >= 15 is 0 Å². The van der Waals surface area contributed by atoms with Gasteiger partial charge in [-0.3, -0.25) is 4.79 Å². The molecule has 0 aliphatic carbocycles. The molecule has 2 aromatic rings. The molecule has 1 aromatic heterocycles. The molecule has 0 bridgehead atoms. The maximum absolute atomic E-state index is 11.9. The number of hydrogen-bond acceptors (Lipinski definition) is 3. The van der Waals surface area contributed by atoms with Crippen molar-refractivity contribution in [1.82, 2.24) is 5.32 Å². The largest absolute Gasteiger partial charge is 0.464 e. The van der Waals surface area contributed by atoms with E-state index < -0.39 is 0 Å². The first-order valence-electron chi connectivity index (χ1n) is 5.18. The minimum absolute atomic E-state index is 0.0486. The highest BCUT2D eigenvalue weighted by atomic mass is 16.3. The van der Waals surface area contributed by atoms with Crippen molar-refractivity contribution >= 4 is 16.9 Å². The normalized spacial score (nSPS) is 12.6. The molecule has 0 fully saturated rings. The van der Waals surface area contributed by atoms with Gasteiger partial charge >= 0.3 is 0 Å². The van der Waals surface area contributed by atoms with E-state index in [1.807, 2.05) is 13.0 Å². The van der Waals surface area contributed by atoms with Crippen molar-refractivity contribution in [3.8, 4) is 0 Å². The zero-order valence-corrected chi connectivity index (χ0v) is 9.07. The Morgan fingerprint density at radius 2 is 2.31 bits per heavy atom. The molecule has 2 rings (SSSR count). The third-order valence-electron chi connectivity index (χ3n) is 2.33. The molecule has 3 N–H and O–H groups in total. The first-order valence-corrected chi connectivity index (χ1v) is 5.18. The molecule has 16 heavy (non-hydrogen) atoms. The lowest BCUT2D eigenvalue weighted by Crippen LogP contribution is -2.35. The van der Waals surface area contributed by atoms with Crippen LogP contribution in [0, 0.1) is 0 Å². The second kappa shape index (κ2) is 4.37. The standard InChI is InChI=1S/C12H14N2O2/c1-8(13)7-14-12(15)10-3-2-4-11-9(10)5-6-16-11/h2-6,8H,7,13H2,1H3,(H,14,15). The molecule has 0 aliphatic rings. The van der Waals surface area contributed by atoms with Gasteiger partial charge < -0.3 is 15.5 Å². The second-order valence-corrected chi connectivity index (χ2v) is 3.83. The molecular weight excluding hydrogens is 204 g/mol. The number of rotatable bonds is 3. The smallest absolute Gasteiger partial charge is 0.252 e. The van der Waals surface area contributed by atoms with E-state index in [0.717, 1.165) is 5.39 Å². The fourth-order valence-corrected chi connectivity index (χ4v) is 1.54. The molecule has 4 nitrogen and oxygen atoms in total. The van der Waals surface area contributed by atoms with Gasteiger partial charge in [0, 0.05) is 18.0 Å². The highest BCUT2D eigenvalue weighted by Gasteiger charge is 2.11. The van der Waals surface area contributed by atoms with Crippen LogP contribution in [0.4, 0.5) is 0 Å². The number of nitrogens with two attached hydrogens (primary N) is 1. The van der Waals surface area contributed by atoms with Crippen molar-refractivity contribution in [1.29, 1.82) is 0 Å². The maximum atomic E-state index is 11.9. The van der Waals surface area contributed by atoms with Gasteiger partial charge in [-0.05, 0) is 25.1 Å². The van der Waals surface area contributed by atoms with Crippen LogP contribution >= 0.6 is 0 Å². The molecule has 4 heteroatoms. The number of carbonyl (C=O) groups excluding carboxylic acids is 1. The molecule has 1 heterocycles. The maximum Gasteiger partial charge on any atom is 0.252 e. The van der Waals surface area contributed by atoms with E-state index in [2.05, 4.69) is 5.32 Å². The lowest BCUT2D eigenvalue weighted by Gasteiger charge is -2.08. The quantitative estimate of drug-likeness (QED) is 0.820. The van der Waals surface area contributed by atoms with E-state index in [-0.39, 0.29) is 11.9 Å². The lowest BCUT2D eigenvalue weighted by atomic mass is 10.1. The minimum Gasteiger partial charge on any atom is -0.464 e. The monoisotopic (exact) mass is 218 g/mol. The number of furan rings is 1. The fraction of sp³-hybridized carbons (Fsp3) is 0.250. The highest BCUT2D eigenvalue weighted by molar-refractivity contribution is 6.05. The summed E-state index contributed by atoms with van der Waals surface area (Å²) in [7, 11) is 0. The number of amides is 1. The Bertz CT molecular complexity index is 502. The zero-order valence-electron chi connectivity index (χ0n) is 9.07. The van der Waals surface area contributed by atoms with Crippen LogP contribution in [0.1, 0.15) is 17.3 Å². The Labute approximate surface area is 93.4 Å². The molecule has 1 aromatic carbocycles. The van der Waals surface area contributed by atoms with Crippen molar-refractivity contribution in [2.75, 3.05) is 6.54 Å².